The van der Waals surface area contributed by atoms with Gasteiger partial charge < -0.3 is 15.8 Å². The number of amides is 1. The fourth-order valence-corrected chi connectivity index (χ4v) is 2.41. The molecule has 0 bridgehead atoms. The summed E-state index contributed by atoms with van der Waals surface area (Å²) in [4.78, 5) is 15.4. The molecule has 1 saturated heterocycles. The van der Waals surface area contributed by atoms with Gasteiger partial charge in [0.25, 0.3) is 5.91 Å². The first-order chi connectivity index (χ1) is 9.72. The number of primary amides is 1. The summed E-state index contributed by atoms with van der Waals surface area (Å²) in [6, 6.07) is 9.23. The van der Waals surface area contributed by atoms with E-state index < -0.39 is 5.91 Å². The van der Waals surface area contributed by atoms with Crippen molar-refractivity contribution in [3.05, 3.63) is 36.0 Å². The van der Waals surface area contributed by atoms with Crippen LogP contribution in [0, 0.1) is 0 Å². The summed E-state index contributed by atoms with van der Waals surface area (Å²) >= 11 is 0. The molecule has 1 aliphatic rings. The van der Waals surface area contributed by atoms with Gasteiger partial charge in [-0.25, -0.2) is 4.98 Å². The van der Waals surface area contributed by atoms with E-state index in [0.29, 0.717) is 0 Å². The second kappa shape index (κ2) is 5.46. The van der Waals surface area contributed by atoms with Crippen molar-refractivity contribution in [1.82, 2.24) is 10.3 Å². The number of carbonyl (C=O) groups is 1. The molecular weight excluding hydrogens is 254 g/mol. The van der Waals surface area contributed by atoms with E-state index in [1.165, 1.54) is 0 Å². The molecule has 1 aromatic carbocycles. The molecule has 0 atom stereocenters. The number of benzene rings is 1. The number of aromatic nitrogens is 1. The van der Waals surface area contributed by atoms with Gasteiger partial charge in [-0.2, -0.15) is 0 Å². The maximum Gasteiger partial charge on any atom is 0.267 e. The molecule has 3 N–H and O–H groups in total. The lowest BCUT2D eigenvalue weighted by molar-refractivity contribution is 0.0996. The van der Waals surface area contributed by atoms with E-state index in [0.717, 1.165) is 42.6 Å². The summed E-state index contributed by atoms with van der Waals surface area (Å²) in [5.41, 5.74) is 6.26. The Bertz CT molecular complexity index is 636. The van der Waals surface area contributed by atoms with Gasteiger partial charge in [0.2, 0.25) is 0 Å². The quantitative estimate of drug-likeness (QED) is 0.886. The van der Waals surface area contributed by atoms with Crippen molar-refractivity contribution in [3.63, 3.8) is 0 Å². The maximum absolute atomic E-state index is 11.2. The molecule has 5 nitrogen and oxygen atoms in total. The number of nitrogens with zero attached hydrogens (tertiary/aromatic N) is 1. The van der Waals surface area contributed by atoms with Gasteiger partial charge in [-0.3, -0.25) is 4.79 Å². The molecule has 1 amide bonds. The highest BCUT2D eigenvalue weighted by molar-refractivity contribution is 5.93. The van der Waals surface area contributed by atoms with Crippen LogP contribution in [0.4, 0.5) is 0 Å². The Balaban J connectivity index is 1.86. The van der Waals surface area contributed by atoms with Crippen LogP contribution in [0.3, 0.4) is 0 Å². The Morgan fingerprint density at radius 2 is 2.00 bits per heavy atom. The molecular formula is C15H17N3O2. The third kappa shape index (κ3) is 2.72. The molecule has 0 aliphatic carbocycles. The van der Waals surface area contributed by atoms with Crippen LogP contribution in [0.1, 0.15) is 23.3 Å². The number of rotatable bonds is 3. The van der Waals surface area contributed by atoms with Crippen molar-refractivity contribution in [1.29, 1.82) is 0 Å². The van der Waals surface area contributed by atoms with Gasteiger partial charge in [0.05, 0.1) is 5.52 Å². The van der Waals surface area contributed by atoms with Crippen molar-refractivity contribution >= 4 is 16.8 Å². The molecule has 1 fully saturated rings. The SMILES string of the molecule is NC(=O)c1ccc2ccc(OC3CCNCC3)cc2n1. The molecule has 20 heavy (non-hydrogen) atoms. The Morgan fingerprint density at radius 1 is 1.25 bits per heavy atom. The highest BCUT2D eigenvalue weighted by Gasteiger charge is 2.14. The highest BCUT2D eigenvalue weighted by Crippen LogP contribution is 2.22. The molecule has 0 radical (unpaired) electrons. The van der Waals surface area contributed by atoms with Gasteiger partial charge in [0.1, 0.15) is 17.5 Å². The van der Waals surface area contributed by atoms with Gasteiger partial charge in [0.15, 0.2) is 0 Å². The predicted octanol–water partition coefficient (Wildman–Crippen LogP) is 1.46. The topological polar surface area (TPSA) is 77.2 Å². The van der Waals surface area contributed by atoms with Gasteiger partial charge in [-0.15, -0.1) is 0 Å². The number of piperidine rings is 1. The lowest BCUT2D eigenvalue weighted by Gasteiger charge is -2.23. The first kappa shape index (κ1) is 12.9. The lowest BCUT2D eigenvalue weighted by Crippen LogP contribution is -2.34. The van der Waals surface area contributed by atoms with Crippen LogP contribution < -0.4 is 15.8 Å². The molecule has 5 heteroatoms. The Morgan fingerprint density at radius 3 is 2.75 bits per heavy atom. The summed E-state index contributed by atoms with van der Waals surface area (Å²) in [6.45, 7) is 1.98. The summed E-state index contributed by atoms with van der Waals surface area (Å²) in [5, 5.41) is 4.27. The fourth-order valence-electron chi connectivity index (χ4n) is 2.41. The van der Waals surface area contributed by atoms with Crippen LogP contribution >= 0.6 is 0 Å². The third-order valence-electron chi connectivity index (χ3n) is 3.50. The molecule has 1 aromatic heterocycles. The van der Waals surface area contributed by atoms with E-state index in [-0.39, 0.29) is 11.8 Å². The number of nitrogens with one attached hydrogen (secondary N) is 1. The van der Waals surface area contributed by atoms with Crippen molar-refractivity contribution in [2.45, 2.75) is 18.9 Å². The molecule has 2 aromatic rings. The maximum atomic E-state index is 11.2. The monoisotopic (exact) mass is 271 g/mol. The fraction of sp³-hybridized carbons (Fsp3) is 0.333. The van der Waals surface area contributed by atoms with E-state index in [9.17, 15) is 4.79 Å². The molecule has 0 spiro atoms. The van der Waals surface area contributed by atoms with Gasteiger partial charge in [-0.1, -0.05) is 6.07 Å². The Labute approximate surface area is 117 Å². The number of hydrogen-bond acceptors (Lipinski definition) is 4. The van der Waals surface area contributed by atoms with Gasteiger partial charge in [0, 0.05) is 11.5 Å². The number of nitrogens with two attached hydrogens (primary N) is 1. The summed E-state index contributed by atoms with van der Waals surface area (Å²) in [6.07, 6.45) is 2.26. The van der Waals surface area contributed by atoms with E-state index in [2.05, 4.69) is 10.3 Å². The lowest BCUT2D eigenvalue weighted by atomic mass is 10.1. The second-order valence-electron chi connectivity index (χ2n) is 4.98. The van der Waals surface area contributed by atoms with Gasteiger partial charge >= 0.3 is 0 Å². The number of fused-ring (bicyclic) bond motifs is 1. The normalized spacial score (nSPS) is 16.2. The number of pyridine rings is 1. The molecule has 0 unspecified atom stereocenters. The minimum Gasteiger partial charge on any atom is -0.490 e. The number of ether oxygens (including phenoxy) is 1. The van der Waals surface area contributed by atoms with Crippen LogP contribution in [0.25, 0.3) is 10.9 Å². The minimum atomic E-state index is -0.517. The van der Waals surface area contributed by atoms with Crippen LogP contribution in [0.2, 0.25) is 0 Å². The zero-order valence-corrected chi connectivity index (χ0v) is 11.1. The molecule has 0 saturated carbocycles. The van der Waals surface area contributed by atoms with E-state index >= 15 is 0 Å². The minimum absolute atomic E-state index is 0.244. The van der Waals surface area contributed by atoms with Crippen LogP contribution in [-0.2, 0) is 0 Å². The van der Waals surface area contributed by atoms with E-state index in [1.807, 2.05) is 24.3 Å². The van der Waals surface area contributed by atoms with Crippen molar-refractivity contribution in [3.8, 4) is 5.75 Å². The Kier molecular flexibility index (Phi) is 3.52. The smallest absolute Gasteiger partial charge is 0.267 e. The predicted molar refractivity (Wildman–Crippen MR) is 76.8 cm³/mol. The molecule has 104 valence electrons. The van der Waals surface area contributed by atoms with Crippen LogP contribution in [0.15, 0.2) is 30.3 Å². The standard InChI is InChI=1S/C15H17N3O2/c16-15(19)13-4-2-10-1-3-12(9-14(10)18-13)20-11-5-7-17-8-6-11/h1-4,9,11,17H,5-8H2,(H2,16,19). The van der Waals surface area contributed by atoms with Crippen molar-refractivity contribution in [2.75, 3.05) is 13.1 Å². The first-order valence-electron chi connectivity index (χ1n) is 6.80. The average molecular weight is 271 g/mol. The zero-order valence-electron chi connectivity index (χ0n) is 11.1. The summed E-state index contributed by atoms with van der Waals surface area (Å²) in [7, 11) is 0. The summed E-state index contributed by atoms with van der Waals surface area (Å²) in [5.74, 6) is 0.273. The van der Waals surface area contributed by atoms with Crippen molar-refractivity contribution < 1.29 is 9.53 Å². The Hall–Kier alpha value is -2.14. The first-order valence-corrected chi connectivity index (χ1v) is 6.80. The molecule has 2 heterocycles. The second-order valence-corrected chi connectivity index (χ2v) is 4.98. The van der Waals surface area contributed by atoms with Crippen LogP contribution in [0.5, 0.6) is 5.75 Å². The average Bonchev–Trinajstić information content (AvgIpc) is 2.47. The number of hydrogen-bond donors (Lipinski definition) is 2. The zero-order chi connectivity index (χ0) is 13.9. The van der Waals surface area contributed by atoms with E-state index in [4.69, 9.17) is 10.5 Å². The molecule has 3 rings (SSSR count). The highest BCUT2D eigenvalue weighted by atomic mass is 16.5. The third-order valence-corrected chi connectivity index (χ3v) is 3.50. The van der Waals surface area contributed by atoms with E-state index in [1.54, 1.807) is 6.07 Å². The number of carbonyl (C=O) groups excluding carboxylic acids is 1. The molecule has 1 aliphatic heterocycles. The van der Waals surface area contributed by atoms with Crippen molar-refractivity contribution in [2.24, 2.45) is 5.73 Å². The summed E-state index contributed by atoms with van der Waals surface area (Å²) < 4.78 is 5.97. The van der Waals surface area contributed by atoms with Crippen LogP contribution in [-0.4, -0.2) is 30.1 Å². The van der Waals surface area contributed by atoms with Gasteiger partial charge in [-0.05, 0) is 44.1 Å². The largest absolute Gasteiger partial charge is 0.490 e.